The van der Waals surface area contributed by atoms with E-state index >= 15 is 0 Å². The maximum Gasteiger partial charge on any atom is 0.259 e. The van der Waals surface area contributed by atoms with Gasteiger partial charge in [0.05, 0.1) is 35.3 Å². The number of halogens is 1. The second-order valence-electron chi connectivity index (χ2n) is 5.19. The van der Waals surface area contributed by atoms with Gasteiger partial charge in [0, 0.05) is 0 Å². The van der Waals surface area contributed by atoms with Gasteiger partial charge in [-0.1, -0.05) is 35.9 Å². The third-order valence-electron chi connectivity index (χ3n) is 3.51. The minimum absolute atomic E-state index is 0.258. The third-order valence-corrected chi connectivity index (χ3v) is 3.84. The molecule has 1 heterocycles. The van der Waals surface area contributed by atoms with Gasteiger partial charge < -0.3 is 15.4 Å². The summed E-state index contributed by atoms with van der Waals surface area (Å²) in [5.41, 5.74) is 1.81. The molecule has 126 valence electrons. The molecular weight excluding hydrogens is 338 g/mol. The van der Waals surface area contributed by atoms with Gasteiger partial charge in [-0.15, -0.1) is 0 Å². The van der Waals surface area contributed by atoms with E-state index in [0.717, 1.165) is 5.69 Å². The standard InChI is InChI=1S/C19H16ClN3O2/c1-25-17-9-5-2-6-14(17)19(24)22-13-10-11-18(21-12-13)23-16-8-4-3-7-15(16)20/h2-12H,1H3,(H,21,23)(H,22,24). The molecule has 2 N–H and O–H groups in total. The molecule has 0 aliphatic carbocycles. The Bertz CT molecular complexity index is 882. The Labute approximate surface area is 150 Å². The fourth-order valence-electron chi connectivity index (χ4n) is 2.27. The van der Waals surface area contributed by atoms with Crippen molar-refractivity contribution in [2.75, 3.05) is 17.7 Å². The highest BCUT2D eigenvalue weighted by Gasteiger charge is 2.11. The van der Waals surface area contributed by atoms with Crippen LogP contribution in [0.2, 0.25) is 5.02 Å². The second-order valence-corrected chi connectivity index (χ2v) is 5.60. The fraction of sp³-hybridized carbons (Fsp3) is 0.0526. The third kappa shape index (κ3) is 4.08. The highest BCUT2D eigenvalue weighted by Crippen LogP contribution is 2.24. The lowest BCUT2D eigenvalue weighted by Gasteiger charge is -2.10. The number of carbonyl (C=O) groups excluding carboxylic acids is 1. The zero-order valence-electron chi connectivity index (χ0n) is 13.5. The van der Waals surface area contributed by atoms with Gasteiger partial charge >= 0.3 is 0 Å². The van der Waals surface area contributed by atoms with E-state index in [-0.39, 0.29) is 5.91 Å². The van der Waals surface area contributed by atoms with Crippen molar-refractivity contribution in [2.45, 2.75) is 0 Å². The molecule has 0 saturated carbocycles. The lowest BCUT2D eigenvalue weighted by Crippen LogP contribution is -2.13. The summed E-state index contributed by atoms with van der Waals surface area (Å²) in [4.78, 5) is 16.7. The number of carbonyl (C=O) groups is 1. The number of hydrogen-bond acceptors (Lipinski definition) is 4. The molecule has 0 saturated heterocycles. The number of anilines is 3. The van der Waals surface area contributed by atoms with Gasteiger partial charge in [0.1, 0.15) is 11.6 Å². The number of methoxy groups -OCH3 is 1. The van der Waals surface area contributed by atoms with Crippen LogP contribution in [0.3, 0.4) is 0 Å². The highest BCUT2D eigenvalue weighted by atomic mass is 35.5. The van der Waals surface area contributed by atoms with Gasteiger partial charge in [-0.25, -0.2) is 4.98 Å². The maximum atomic E-state index is 12.4. The molecule has 1 amide bonds. The summed E-state index contributed by atoms with van der Waals surface area (Å²) in [6, 6.07) is 18.0. The maximum absolute atomic E-state index is 12.4. The zero-order chi connectivity index (χ0) is 17.6. The van der Waals surface area contributed by atoms with Crippen LogP contribution in [-0.2, 0) is 0 Å². The monoisotopic (exact) mass is 353 g/mol. The molecule has 25 heavy (non-hydrogen) atoms. The van der Waals surface area contributed by atoms with Crippen molar-refractivity contribution in [3.05, 3.63) is 77.4 Å². The number of benzene rings is 2. The lowest BCUT2D eigenvalue weighted by molar-refractivity contribution is 0.102. The predicted octanol–water partition coefficient (Wildman–Crippen LogP) is 4.74. The van der Waals surface area contributed by atoms with E-state index in [4.69, 9.17) is 16.3 Å². The van der Waals surface area contributed by atoms with E-state index in [9.17, 15) is 4.79 Å². The van der Waals surface area contributed by atoms with Crippen molar-refractivity contribution in [3.8, 4) is 5.75 Å². The van der Waals surface area contributed by atoms with Crippen LogP contribution in [-0.4, -0.2) is 18.0 Å². The predicted molar refractivity (Wildman–Crippen MR) is 99.9 cm³/mol. The number of hydrogen-bond donors (Lipinski definition) is 2. The first kappa shape index (κ1) is 16.8. The van der Waals surface area contributed by atoms with Crippen LogP contribution in [0.4, 0.5) is 17.2 Å². The number of amides is 1. The first-order valence-electron chi connectivity index (χ1n) is 7.59. The number of nitrogens with zero attached hydrogens (tertiary/aromatic N) is 1. The largest absolute Gasteiger partial charge is 0.496 e. The Morgan fingerprint density at radius 3 is 2.52 bits per heavy atom. The molecule has 0 spiro atoms. The summed E-state index contributed by atoms with van der Waals surface area (Å²) in [7, 11) is 1.53. The molecule has 2 aromatic carbocycles. The molecular formula is C19H16ClN3O2. The summed E-state index contributed by atoms with van der Waals surface area (Å²) in [6.07, 6.45) is 1.58. The minimum atomic E-state index is -0.258. The van der Waals surface area contributed by atoms with E-state index in [2.05, 4.69) is 15.6 Å². The molecule has 0 aliphatic rings. The Hall–Kier alpha value is -3.05. The van der Waals surface area contributed by atoms with Gasteiger partial charge in [0.25, 0.3) is 5.91 Å². The molecule has 0 bridgehead atoms. The van der Waals surface area contributed by atoms with Crippen LogP contribution < -0.4 is 15.4 Å². The van der Waals surface area contributed by atoms with Crippen molar-refractivity contribution >= 4 is 34.7 Å². The van der Waals surface area contributed by atoms with E-state index in [1.165, 1.54) is 7.11 Å². The molecule has 5 nitrogen and oxygen atoms in total. The van der Waals surface area contributed by atoms with Gasteiger partial charge in [-0.2, -0.15) is 0 Å². The number of nitrogens with one attached hydrogen (secondary N) is 2. The van der Waals surface area contributed by atoms with Crippen LogP contribution >= 0.6 is 11.6 Å². The van der Waals surface area contributed by atoms with Crippen molar-refractivity contribution < 1.29 is 9.53 Å². The van der Waals surface area contributed by atoms with Crippen molar-refractivity contribution in [3.63, 3.8) is 0 Å². The number of pyridine rings is 1. The summed E-state index contributed by atoms with van der Waals surface area (Å²) in [5.74, 6) is 0.888. The normalized spacial score (nSPS) is 10.2. The number of ether oxygens (including phenoxy) is 1. The molecule has 1 aromatic heterocycles. The molecule has 3 rings (SSSR count). The average molecular weight is 354 g/mol. The van der Waals surface area contributed by atoms with Gasteiger partial charge in [0.2, 0.25) is 0 Å². The summed E-state index contributed by atoms with van der Waals surface area (Å²) < 4.78 is 5.20. The molecule has 3 aromatic rings. The Morgan fingerprint density at radius 2 is 1.80 bits per heavy atom. The summed E-state index contributed by atoms with van der Waals surface area (Å²) >= 11 is 6.11. The Kier molecular flexibility index (Phi) is 5.16. The van der Waals surface area contributed by atoms with Gasteiger partial charge in [0.15, 0.2) is 0 Å². The van der Waals surface area contributed by atoms with Crippen molar-refractivity contribution in [2.24, 2.45) is 0 Å². The Balaban J connectivity index is 1.70. The first-order valence-corrected chi connectivity index (χ1v) is 7.97. The number of rotatable bonds is 5. The Morgan fingerprint density at radius 1 is 1.04 bits per heavy atom. The van der Waals surface area contributed by atoms with E-state index < -0.39 is 0 Å². The average Bonchev–Trinajstić information content (AvgIpc) is 2.65. The van der Waals surface area contributed by atoms with Crippen molar-refractivity contribution in [1.82, 2.24) is 4.98 Å². The smallest absolute Gasteiger partial charge is 0.259 e. The topological polar surface area (TPSA) is 63.2 Å². The summed E-state index contributed by atoms with van der Waals surface area (Å²) in [6.45, 7) is 0. The van der Waals surface area contributed by atoms with Gasteiger partial charge in [-0.3, -0.25) is 4.79 Å². The SMILES string of the molecule is COc1ccccc1C(=O)Nc1ccc(Nc2ccccc2Cl)nc1. The highest BCUT2D eigenvalue weighted by molar-refractivity contribution is 6.33. The molecule has 6 heteroatoms. The molecule has 0 unspecified atom stereocenters. The number of aromatic nitrogens is 1. The first-order chi connectivity index (χ1) is 12.2. The molecule has 0 fully saturated rings. The van der Waals surface area contributed by atoms with Crippen LogP contribution in [0.1, 0.15) is 10.4 Å². The van der Waals surface area contributed by atoms with Crippen LogP contribution in [0, 0.1) is 0 Å². The molecule has 0 atom stereocenters. The van der Waals surface area contributed by atoms with E-state index in [1.54, 1.807) is 42.6 Å². The van der Waals surface area contributed by atoms with Gasteiger partial charge in [-0.05, 0) is 36.4 Å². The van der Waals surface area contributed by atoms with E-state index in [0.29, 0.717) is 27.8 Å². The second kappa shape index (κ2) is 7.68. The zero-order valence-corrected chi connectivity index (χ0v) is 14.2. The number of para-hydroxylation sites is 2. The fourth-order valence-corrected chi connectivity index (χ4v) is 2.46. The minimum Gasteiger partial charge on any atom is -0.496 e. The summed E-state index contributed by atoms with van der Waals surface area (Å²) in [5, 5.41) is 6.54. The van der Waals surface area contributed by atoms with E-state index in [1.807, 2.05) is 24.3 Å². The van der Waals surface area contributed by atoms with Crippen LogP contribution in [0.15, 0.2) is 66.9 Å². The molecule has 0 aliphatic heterocycles. The quantitative estimate of drug-likeness (QED) is 0.695. The van der Waals surface area contributed by atoms with Crippen molar-refractivity contribution in [1.29, 1.82) is 0 Å². The lowest BCUT2D eigenvalue weighted by atomic mass is 10.2. The van der Waals surface area contributed by atoms with Crippen LogP contribution in [0.5, 0.6) is 5.75 Å². The molecule has 0 radical (unpaired) electrons. The van der Waals surface area contributed by atoms with Crippen LogP contribution in [0.25, 0.3) is 0 Å².